The van der Waals surface area contributed by atoms with E-state index >= 15 is 0 Å². The van der Waals surface area contributed by atoms with Gasteiger partial charge in [-0.3, -0.25) is 4.84 Å². The zero-order valence-electron chi connectivity index (χ0n) is 19.6. The molecule has 0 saturated carbocycles. The third-order valence-corrected chi connectivity index (χ3v) is 6.58. The second-order valence-corrected chi connectivity index (χ2v) is 8.88. The summed E-state index contributed by atoms with van der Waals surface area (Å²) in [5, 5.41) is 24.5. The monoisotopic (exact) mass is 472 g/mol. The Morgan fingerprint density at radius 3 is 2.36 bits per heavy atom. The van der Waals surface area contributed by atoms with Crippen LogP contribution < -0.4 is 5.90 Å². The van der Waals surface area contributed by atoms with E-state index in [0.29, 0.717) is 16.9 Å². The summed E-state index contributed by atoms with van der Waals surface area (Å²) in [7, 11) is 0. The summed E-state index contributed by atoms with van der Waals surface area (Å²) in [5.74, 6) is 5.72. The van der Waals surface area contributed by atoms with Crippen LogP contribution in [0.3, 0.4) is 0 Å². The molecule has 0 aliphatic rings. The number of H-pyrrole nitrogens is 1. The van der Waals surface area contributed by atoms with Gasteiger partial charge < -0.3 is 10.1 Å². The molecule has 0 fully saturated rings. The van der Waals surface area contributed by atoms with E-state index in [2.05, 4.69) is 27.3 Å². The number of phenolic OH excluding ortho intramolecular Hbond substituents is 1. The van der Waals surface area contributed by atoms with Crippen molar-refractivity contribution in [2.75, 3.05) is 0 Å². The third-order valence-electron chi connectivity index (χ3n) is 6.58. The molecule has 1 aromatic heterocycles. The standard InChI is InChI=1S/C30H24N4O2/c1-18-11-14-21(15-12-18)33-34-28-26-20(13-16-23-22-9-5-6-10-25(22)32-27(23)26)17-24(29(28)35)30(36-31)19-7-3-2-4-8-19/h2-17,30,32,35H,31H2,1H3. The highest BCUT2D eigenvalue weighted by Gasteiger charge is 2.24. The van der Waals surface area contributed by atoms with Crippen molar-refractivity contribution in [1.82, 2.24) is 4.98 Å². The number of azo groups is 1. The molecule has 6 nitrogen and oxygen atoms in total. The number of aromatic hydroxyl groups is 1. The predicted octanol–water partition coefficient (Wildman–Crippen LogP) is 7.88. The zero-order chi connectivity index (χ0) is 24.6. The van der Waals surface area contributed by atoms with Gasteiger partial charge in [0.1, 0.15) is 17.5 Å². The molecular weight excluding hydrogens is 448 g/mol. The van der Waals surface area contributed by atoms with E-state index in [0.717, 1.165) is 43.7 Å². The minimum atomic E-state index is -0.678. The molecule has 1 heterocycles. The number of nitrogens with one attached hydrogen (secondary N) is 1. The number of nitrogens with zero attached hydrogens (tertiary/aromatic N) is 2. The number of benzene rings is 5. The van der Waals surface area contributed by atoms with E-state index < -0.39 is 6.10 Å². The van der Waals surface area contributed by atoms with Crippen molar-refractivity contribution in [2.24, 2.45) is 16.1 Å². The van der Waals surface area contributed by atoms with Crippen molar-refractivity contribution in [3.05, 3.63) is 114 Å². The normalized spacial score (nSPS) is 12.7. The lowest BCUT2D eigenvalue weighted by atomic mass is 9.95. The van der Waals surface area contributed by atoms with Gasteiger partial charge in [-0.15, -0.1) is 5.11 Å². The van der Waals surface area contributed by atoms with Gasteiger partial charge in [0.25, 0.3) is 0 Å². The van der Waals surface area contributed by atoms with Crippen molar-refractivity contribution < 1.29 is 9.94 Å². The highest BCUT2D eigenvalue weighted by Crippen LogP contribution is 2.46. The largest absolute Gasteiger partial charge is 0.505 e. The molecule has 0 amide bonds. The maximum Gasteiger partial charge on any atom is 0.150 e. The van der Waals surface area contributed by atoms with Crippen LogP contribution >= 0.6 is 0 Å². The van der Waals surface area contributed by atoms with Gasteiger partial charge >= 0.3 is 0 Å². The Hall–Kier alpha value is -4.52. The first kappa shape index (κ1) is 22.0. The number of rotatable bonds is 5. The first-order valence-electron chi connectivity index (χ1n) is 11.7. The average Bonchev–Trinajstić information content (AvgIpc) is 3.29. The fourth-order valence-electron chi connectivity index (χ4n) is 4.78. The molecule has 6 rings (SSSR count). The Morgan fingerprint density at radius 1 is 0.833 bits per heavy atom. The number of hydrogen-bond acceptors (Lipinski definition) is 5. The molecule has 176 valence electrons. The molecule has 0 aliphatic heterocycles. The summed E-state index contributed by atoms with van der Waals surface area (Å²) >= 11 is 0. The molecule has 5 aromatic carbocycles. The minimum absolute atomic E-state index is 0.0242. The molecule has 0 aliphatic carbocycles. The molecule has 0 radical (unpaired) electrons. The van der Waals surface area contributed by atoms with Gasteiger partial charge in [0, 0.05) is 27.2 Å². The van der Waals surface area contributed by atoms with E-state index in [1.165, 1.54) is 0 Å². The minimum Gasteiger partial charge on any atom is -0.505 e. The Labute approximate surface area is 207 Å². The SMILES string of the molecule is Cc1ccc(N=Nc2c(O)c(C(ON)c3ccccc3)cc3ccc4c5ccccc5[nH]c4c23)cc1. The van der Waals surface area contributed by atoms with Crippen LogP contribution in [0.1, 0.15) is 22.8 Å². The highest BCUT2D eigenvalue weighted by molar-refractivity contribution is 6.20. The number of fused-ring (bicyclic) bond motifs is 5. The number of hydrogen-bond donors (Lipinski definition) is 3. The van der Waals surface area contributed by atoms with Gasteiger partial charge in [0.05, 0.1) is 11.2 Å². The Balaban J connectivity index is 1.65. The lowest BCUT2D eigenvalue weighted by Crippen LogP contribution is -2.11. The molecule has 1 atom stereocenters. The van der Waals surface area contributed by atoms with Gasteiger partial charge in [-0.05, 0) is 42.1 Å². The number of aromatic nitrogens is 1. The molecule has 4 N–H and O–H groups in total. The first-order chi connectivity index (χ1) is 17.6. The molecule has 6 heteroatoms. The number of aryl methyl sites for hydroxylation is 1. The molecule has 6 aromatic rings. The number of para-hydroxylation sites is 1. The first-order valence-corrected chi connectivity index (χ1v) is 11.7. The van der Waals surface area contributed by atoms with Crippen LogP contribution in [-0.2, 0) is 4.84 Å². The smallest absolute Gasteiger partial charge is 0.150 e. The number of phenols is 1. The van der Waals surface area contributed by atoms with E-state index in [1.54, 1.807) is 0 Å². The summed E-state index contributed by atoms with van der Waals surface area (Å²) in [6.07, 6.45) is -0.678. The summed E-state index contributed by atoms with van der Waals surface area (Å²) < 4.78 is 0. The lowest BCUT2D eigenvalue weighted by molar-refractivity contribution is 0.0797. The number of nitrogens with two attached hydrogens (primary N) is 1. The lowest BCUT2D eigenvalue weighted by Gasteiger charge is -2.19. The van der Waals surface area contributed by atoms with Crippen LogP contribution in [0.4, 0.5) is 11.4 Å². The van der Waals surface area contributed by atoms with E-state index in [1.807, 2.05) is 91.9 Å². The summed E-state index contributed by atoms with van der Waals surface area (Å²) in [5.41, 5.74) is 5.42. The van der Waals surface area contributed by atoms with Crippen LogP contribution in [0, 0.1) is 6.92 Å². The van der Waals surface area contributed by atoms with Crippen LogP contribution in [0.2, 0.25) is 0 Å². The van der Waals surface area contributed by atoms with Crippen LogP contribution in [-0.4, -0.2) is 10.1 Å². The second-order valence-electron chi connectivity index (χ2n) is 8.88. The van der Waals surface area contributed by atoms with Crippen LogP contribution in [0.25, 0.3) is 32.6 Å². The third kappa shape index (κ3) is 3.69. The molecule has 0 spiro atoms. The van der Waals surface area contributed by atoms with Crippen molar-refractivity contribution in [2.45, 2.75) is 13.0 Å². The summed E-state index contributed by atoms with van der Waals surface area (Å²) in [6, 6.07) is 31.5. The van der Waals surface area contributed by atoms with E-state index in [-0.39, 0.29) is 5.75 Å². The number of aromatic amines is 1. The van der Waals surface area contributed by atoms with E-state index in [9.17, 15) is 5.11 Å². The highest BCUT2D eigenvalue weighted by atomic mass is 16.6. The molecule has 0 bridgehead atoms. The Morgan fingerprint density at radius 2 is 1.58 bits per heavy atom. The van der Waals surface area contributed by atoms with Crippen LogP contribution in [0.15, 0.2) is 107 Å². The van der Waals surface area contributed by atoms with Gasteiger partial charge in [-0.2, -0.15) is 5.11 Å². The van der Waals surface area contributed by atoms with Gasteiger partial charge in [-0.25, -0.2) is 5.90 Å². The molecule has 1 unspecified atom stereocenters. The zero-order valence-corrected chi connectivity index (χ0v) is 19.6. The van der Waals surface area contributed by atoms with Gasteiger partial charge in [0.15, 0.2) is 0 Å². The van der Waals surface area contributed by atoms with Crippen molar-refractivity contribution in [3.63, 3.8) is 0 Å². The fourth-order valence-corrected chi connectivity index (χ4v) is 4.78. The van der Waals surface area contributed by atoms with Crippen molar-refractivity contribution in [3.8, 4) is 5.75 Å². The Bertz CT molecular complexity index is 1740. The maximum absolute atomic E-state index is 11.6. The fraction of sp³-hybridized carbons (Fsp3) is 0.0667. The van der Waals surface area contributed by atoms with Crippen molar-refractivity contribution in [1.29, 1.82) is 0 Å². The average molecular weight is 473 g/mol. The predicted molar refractivity (Wildman–Crippen MR) is 144 cm³/mol. The topological polar surface area (TPSA) is 96.0 Å². The quantitative estimate of drug-likeness (QED) is 0.176. The second kappa shape index (κ2) is 8.92. The Kier molecular flexibility index (Phi) is 5.45. The van der Waals surface area contributed by atoms with Crippen molar-refractivity contribution >= 4 is 44.0 Å². The van der Waals surface area contributed by atoms with Crippen LogP contribution in [0.5, 0.6) is 5.75 Å². The molecule has 36 heavy (non-hydrogen) atoms. The molecular formula is C30H24N4O2. The summed E-state index contributed by atoms with van der Waals surface area (Å²) in [6.45, 7) is 2.02. The molecule has 0 saturated heterocycles. The summed E-state index contributed by atoms with van der Waals surface area (Å²) in [4.78, 5) is 8.90. The maximum atomic E-state index is 11.6. The van der Waals surface area contributed by atoms with Gasteiger partial charge in [-0.1, -0.05) is 78.4 Å². The van der Waals surface area contributed by atoms with Gasteiger partial charge in [0.2, 0.25) is 0 Å². The van der Waals surface area contributed by atoms with E-state index in [4.69, 9.17) is 10.7 Å².